The Morgan fingerprint density at radius 2 is 2.05 bits per heavy atom. The monoisotopic (exact) mass is 262 g/mol. The minimum absolute atomic E-state index is 0.0966. The van der Waals surface area contributed by atoms with Crippen LogP contribution in [0.15, 0.2) is 30.4 Å². The number of hydrogen-bond donors (Lipinski definition) is 0. The van der Waals surface area contributed by atoms with Gasteiger partial charge in [0, 0.05) is 12.5 Å². The summed E-state index contributed by atoms with van der Waals surface area (Å²) in [5, 5.41) is 0. The molecule has 0 radical (unpaired) electrons. The molecule has 0 saturated carbocycles. The molecule has 3 heteroatoms. The van der Waals surface area contributed by atoms with Crippen LogP contribution < -0.4 is 9.47 Å². The molecule has 1 aromatic rings. The van der Waals surface area contributed by atoms with Crippen LogP contribution in [0.2, 0.25) is 0 Å². The number of hydrogen-bond acceptors (Lipinski definition) is 3. The number of carbonyl (C=O) groups is 1. The standard InChI is InChI=1S/C16H22O3/c1-4-6-7-8-13(3)19-15-10-9-14(12-17)16(11-15)18-5-2/h6-7,9-13H,4-5,8H2,1-3H3. The van der Waals surface area contributed by atoms with Gasteiger partial charge in [0.25, 0.3) is 0 Å². The average Bonchev–Trinajstić information content (AvgIpc) is 2.40. The van der Waals surface area contributed by atoms with Gasteiger partial charge in [0.1, 0.15) is 11.5 Å². The smallest absolute Gasteiger partial charge is 0.153 e. The summed E-state index contributed by atoms with van der Waals surface area (Å²) < 4.78 is 11.2. The molecule has 1 atom stereocenters. The summed E-state index contributed by atoms with van der Waals surface area (Å²) in [6, 6.07) is 5.29. The highest BCUT2D eigenvalue weighted by Gasteiger charge is 2.07. The van der Waals surface area contributed by atoms with Crippen LogP contribution in [0.5, 0.6) is 11.5 Å². The maximum absolute atomic E-state index is 10.9. The van der Waals surface area contributed by atoms with Crippen molar-refractivity contribution in [3.05, 3.63) is 35.9 Å². The van der Waals surface area contributed by atoms with E-state index >= 15 is 0 Å². The summed E-state index contributed by atoms with van der Waals surface area (Å²) in [7, 11) is 0. The second-order valence-corrected chi connectivity index (χ2v) is 4.29. The van der Waals surface area contributed by atoms with Gasteiger partial charge in [0.15, 0.2) is 6.29 Å². The molecule has 0 fully saturated rings. The Bertz CT molecular complexity index is 424. The summed E-state index contributed by atoms with van der Waals surface area (Å²) in [5.74, 6) is 1.30. The largest absolute Gasteiger partial charge is 0.493 e. The van der Waals surface area contributed by atoms with Crippen LogP contribution in [-0.2, 0) is 0 Å². The highest BCUT2D eigenvalue weighted by Crippen LogP contribution is 2.25. The van der Waals surface area contributed by atoms with Gasteiger partial charge in [0.2, 0.25) is 0 Å². The third-order valence-corrected chi connectivity index (χ3v) is 2.62. The SMILES string of the molecule is CCC=CCC(C)Oc1ccc(C=O)c(OCC)c1. The summed E-state index contributed by atoms with van der Waals surface area (Å²) in [5.41, 5.74) is 0.549. The Hall–Kier alpha value is -1.77. The highest BCUT2D eigenvalue weighted by molar-refractivity contribution is 5.79. The first kappa shape index (κ1) is 15.3. The molecule has 0 bridgehead atoms. The fourth-order valence-electron chi connectivity index (χ4n) is 1.70. The van der Waals surface area contributed by atoms with Crippen molar-refractivity contribution < 1.29 is 14.3 Å². The Kier molecular flexibility index (Phi) is 6.72. The van der Waals surface area contributed by atoms with Crippen molar-refractivity contribution in [2.24, 2.45) is 0 Å². The third-order valence-electron chi connectivity index (χ3n) is 2.62. The van der Waals surface area contributed by atoms with Gasteiger partial charge >= 0.3 is 0 Å². The average molecular weight is 262 g/mol. The van der Waals surface area contributed by atoms with Gasteiger partial charge in [-0.2, -0.15) is 0 Å². The maximum atomic E-state index is 10.9. The van der Waals surface area contributed by atoms with Gasteiger partial charge in [-0.1, -0.05) is 19.1 Å². The number of benzene rings is 1. The van der Waals surface area contributed by atoms with E-state index in [4.69, 9.17) is 9.47 Å². The van der Waals surface area contributed by atoms with Crippen LogP contribution in [-0.4, -0.2) is 19.0 Å². The van der Waals surface area contributed by atoms with Crippen molar-refractivity contribution >= 4 is 6.29 Å². The Morgan fingerprint density at radius 3 is 2.68 bits per heavy atom. The van der Waals surface area contributed by atoms with Crippen molar-refractivity contribution in [1.82, 2.24) is 0 Å². The number of rotatable bonds is 8. The zero-order valence-electron chi connectivity index (χ0n) is 11.9. The van der Waals surface area contributed by atoms with Crippen LogP contribution in [0.4, 0.5) is 0 Å². The molecule has 0 aliphatic carbocycles. The molecule has 0 amide bonds. The molecule has 0 spiro atoms. The van der Waals surface area contributed by atoms with E-state index in [1.807, 2.05) is 13.8 Å². The summed E-state index contributed by atoms with van der Waals surface area (Å²) >= 11 is 0. The predicted octanol–water partition coefficient (Wildman–Crippen LogP) is 4.02. The second kappa shape index (κ2) is 8.35. The number of allylic oxidation sites excluding steroid dienone is 1. The zero-order chi connectivity index (χ0) is 14.1. The number of carbonyl (C=O) groups excluding carboxylic acids is 1. The Balaban J connectivity index is 2.70. The van der Waals surface area contributed by atoms with E-state index in [-0.39, 0.29) is 6.10 Å². The normalized spacial score (nSPS) is 12.4. The van der Waals surface area contributed by atoms with Crippen molar-refractivity contribution in [2.75, 3.05) is 6.61 Å². The fraction of sp³-hybridized carbons (Fsp3) is 0.438. The van der Waals surface area contributed by atoms with Crippen molar-refractivity contribution in [3.8, 4) is 11.5 Å². The Labute approximate surface area is 115 Å². The molecule has 0 aliphatic rings. The molecule has 0 aliphatic heterocycles. The van der Waals surface area contributed by atoms with E-state index in [0.717, 1.165) is 24.9 Å². The van der Waals surface area contributed by atoms with E-state index in [2.05, 4.69) is 19.1 Å². The van der Waals surface area contributed by atoms with Gasteiger partial charge in [-0.05, 0) is 32.4 Å². The maximum Gasteiger partial charge on any atom is 0.153 e. The molecule has 19 heavy (non-hydrogen) atoms. The first-order valence-corrected chi connectivity index (χ1v) is 6.74. The lowest BCUT2D eigenvalue weighted by molar-refractivity contribution is 0.111. The molecule has 0 aromatic heterocycles. The number of ether oxygens (including phenoxy) is 2. The predicted molar refractivity (Wildman–Crippen MR) is 77.1 cm³/mol. The van der Waals surface area contributed by atoms with Crippen molar-refractivity contribution in [3.63, 3.8) is 0 Å². The minimum Gasteiger partial charge on any atom is -0.493 e. The van der Waals surface area contributed by atoms with Crippen LogP contribution >= 0.6 is 0 Å². The number of aldehydes is 1. The summed E-state index contributed by atoms with van der Waals surface area (Å²) in [4.78, 5) is 10.9. The lowest BCUT2D eigenvalue weighted by atomic mass is 10.2. The van der Waals surface area contributed by atoms with E-state index < -0.39 is 0 Å². The van der Waals surface area contributed by atoms with Gasteiger partial charge in [-0.3, -0.25) is 4.79 Å². The molecule has 0 saturated heterocycles. The van der Waals surface area contributed by atoms with E-state index in [9.17, 15) is 4.79 Å². The van der Waals surface area contributed by atoms with Gasteiger partial charge in [-0.25, -0.2) is 0 Å². The molecule has 104 valence electrons. The summed E-state index contributed by atoms with van der Waals surface area (Å²) in [6.45, 7) is 6.54. The first-order valence-electron chi connectivity index (χ1n) is 6.74. The molecule has 1 rings (SSSR count). The molecular formula is C16H22O3. The zero-order valence-corrected chi connectivity index (χ0v) is 11.9. The molecule has 1 unspecified atom stereocenters. The van der Waals surface area contributed by atoms with Gasteiger partial charge in [-0.15, -0.1) is 0 Å². The van der Waals surface area contributed by atoms with Gasteiger partial charge < -0.3 is 9.47 Å². The minimum atomic E-state index is 0.0966. The third kappa shape index (κ3) is 5.16. The fourth-order valence-corrected chi connectivity index (χ4v) is 1.70. The topological polar surface area (TPSA) is 35.5 Å². The molecule has 1 aromatic carbocycles. The Morgan fingerprint density at radius 1 is 1.26 bits per heavy atom. The molecule has 0 heterocycles. The van der Waals surface area contributed by atoms with Crippen LogP contribution in [0.25, 0.3) is 0 Å². The van der Waals surface area contributed by atoms with E-state index in [1.165, 1.54) is 0 Å². The van der Waals surface area contributed by atoms with Crippen LogP contribution in [0.3, 0.4) is 0 Å². The van der Waals surface area contributed by atoms with E-state index in [1.54, 1.807) is 18.2 Å². The van der Waals surface area contributed by atoms with Crippen LogP contribution in [0, 0.1) is 0 Å². The first-order chi connectivity index (χ1) is 9.21. The van der Waals surface area contributed by atoms with Gasteiger partial charge in [0.05, 0.1) is 18.3 Å². The van der Waals surface area contributed by atoms with E-state index in [0.29, 0.717) is 17.9 Å². The second-order valence-electron chi connectivity index (χ2n) is 4.29. The highest BCUT2D eigenvalue weighted by atomic mass is 16.5. The summed E-state index contributed by atoms with van der Waals surface area (Å²) in [6.07, 6.45) is 7.04. The lowest BCUT2D eigenvalue weighted by Crippen LogP contribution is -2.10. The van der Waals surface area contributed by atoms with Crippen molar-refractivity contribution in [2.45, 2.75) is 39.7 Å². The lowest BCUT2D eigenvalue weighted by Gasteiger charge is -2.14. The molecular weight excluding hydrogens is 240 g/mol. The van der Waals surface area contributed by atoms with Crippen LogP contribution in [0.1, 0.15) is 44.0 Å². The molecule has 3 nitrogen and oxygen atoms in total. The molecule has 0 N–H and O–H groups in total. The van der Waals surface area contributed by atoms with Crippen molar-refractivity contribution in [1.29, 1.82) is 0 Å². The quantitative estimate of drug-likeness (QED) is 0.524.